The smallest absolute Gasteiger partial charge is 0.253 e. The van der Waals surface area contributed by atoms with Crippen molar-refractivity contribution in [2.24, 2.45) is 0 Å². The summed E-state index contributed by atoms with van der Waals surface area (Å²) in [5.74, 6) is -1.45. The van der Waals surface area contributed by atoms with Crippen molar-refractivity contribution in [1.82, 2.24) is 5.32 Å². The third-order valence-corrected chi connectivity index (χ3v) is 4.99. The Hall–Kier alpha value is -3.12. The first-order valence-electron chi connectivity index (χ1n) is 9.13. The van der Waals surface area contributed by atoms with Gasteiger partial charge in [-0.2, -0.15) is 0 Å². The standard InChI is InChI=1S/C23H20ClF2NO3/c1-29-16-7-3-14(4-8-16)11-22(15-5-9-17(30-2)10-6-15)27-23(28)18-12-20(25)21(26)13-19(18)24/h3-10,12-13,22H,11H2,1-2H3,(H,27,28). The topological polar surface area (TPSA) is 47.6 Å². The van der Waals surface area contributed by atoms with E-state index < -0.39 is 23.6 Å². The summed E-state index contributed by atoms with van der Waals surface area (Å²) in [6, 6.07) is 15.8. The number of hydrogen-bond donors (Lipinski definition) is 1. The highest BCUT2D eigenvalue weighted by molar-refractivity contribution is 6.33. The van der Waals surface area contributed by atoms with Gasteiger partial charge in [0.15, 0.2) is 11.6 Å². The fraction of sp³-hybridized carbons (Fsp3) is 0.174. The lowest BCUT2D eigenvalue weighted by atomic mass is 9.98. The molecule has 0 aliphatic rings. The van der Waals surface area contributed by atoms with Crippen molar-refractivity contribution in [3.8, 4) is 11.5 Å². The van der Waals surface area contributed by atoms with Gasteiger partial charge in [0.2, 0.25) is 0 Å². The average Bonchev–Trinajstić information content (AvgIpc) is 2.76. The van der Waals surface area contributed by atoms with Crippen LogP contribution in [0.25, 0.3) is 0 Å². The molecule has 1 N–H and O–H groups in total. The van der Waals surface area contributed by atoms with Crippen molar-refractivity contribution in [3.63, 3.8) is 0 Å². The van der Waals surface area contributed by atoms with E-state index in [0.717, 1.165) is 29.0 Å². The van der Waals surface area contributed by atoms with Gasteiger partial charge in [0, 0.05) is 0 Å². The molecule has 4 nitrogen and oxygen atoms in total. The van der Waals surface area contributed by atoms with Crippen LogP contribution in [0.4, 0.5) is 8.78 Å². The molecule has 3 aromatic carbocycles. The molecule has 0 radical (unpaired) electrons. The van der Waals surface area contributed by atoms with E-state index >= 15 is 0 Å². The van der Waals surface area contributed by atoms with E-state index in [1.54, 1.807) is 26.4 Å². The Morgan fingerprint density at radius 1 is 0.933 bits per heavy atom. The maximum Gasteiger partial charge on any atom is 0.253 e. The van der Waals surface area contributed by atoms with Crippen LogP contribution < -0.4 is 14.8 Å². The lowest BCUT2D eigenvalue weighted by Gasteiger charge is -2.20. The molecule has 156 valence electrons. The largest absolute Gasteiger partial charge is 0.497 e. The lowest BCUT2D eigenvalue weighted by Crippen LogP contribution is -2.30. The van der Waals surface area contributed by atoms with Gasteiger partial charge in [0.1, 0.15) is 11.5 Å². The fourth-order valence-corrected chi connectivity index (χ4v) is 3.25. The summed E-state index contributed by atoms with van der Waals surface area (Å²) in [6.45, 7) is 0. The monoisotopic (exact) mass is 431 g/mol. The van der Waals surface area contributed by atoms with Crippen molar-refractivity contribution < 1.29 is 23.0 Å². The van der Waals surface area contributed by atoms with Crippen molar-refractivity contribution in [1.29, 1.82) is 0 Å². The molecule has 3 rings (SSSR count). The zero-order chi connectivity index (χ0) is 21.7. The van der Waals surface area contributed by atoms with Gasteiger partial charge in [-0.15, -0.1) is 0 Å². The number of carbonyl (C=O) groups excluding carboxylic acids is 1. The van der Waals surface area contributed by atoms with Gasteiger partial charge in [-0.05, 0) is 53.9 Å². The van der Waals surface area contributed by atoms with Gasteiger partial charge in [0.05, 0.1) is 30.8 Å². The molecule has 0 bridgehead atoms. The summed E-state index contributed by atoms with van der Waals surface area (Å²) in [5.41, 5.74) is 1.63. The molecule has 0 heterocycles. The molecule has 30 heavy (non-hydrogen) atoms. The average molecular weight is 432 g/mol. The van der Waals surface area contributed by atoms with Crippen LogP contribution in [0.1, 0.15) is 27.5 Å². The number of ether oxygens (including phenoxy) is 2. The number of nitrogens with one attached hydrogen (secondary N) is 1. The van der Waals surface area contributed by atoms with Gasteiger partial charge >= 0.3 is 0 Å². The number of carbonyl (C=O) groups is 1. The van der Waals surface area contributed by atoms with Crippen LogP contribution in [-0.4, -0.2) is 20.1 Å². The molecular weight excluding hydrogens is 412 g/mol. The van der Waals surface area contributed by atoms with Gasteiger partial charge in [-0.1, -0.05) is 35.9 Å². The van der Waals surface area contributed by atoms with Crippen molar-refractivity contribution in [2.75, 3.05) is 14.2 Å². The Morgan fingerprint density at radius 3 is 2.03 bits per heavy atom. The summed E-state index contributed by atoms with van der Waals surface area (Å²) in [4.78, 5) is 12.8. The molecule has 0 aliphatic heterocycles. The minimum atomic E-state index is -1.14. The maximum atomic E-state index is 13.6. The highest BCUT2D eigenvalue weighted by Gasteiger charge is 2.20. The Balaban J connectivity index is 1.89. The number of benzene rings is 3. The molecule has 3 aromatic rings. The minimum Gasteiger partial charge on any atom is -0.497 e. The van der Waals surface area contributed by atoms with Crippen LogP contribution in [-0.2, 0) is 6.42 Å². The van der Waals surface area contributed by atoms with Crippen molar-refractivity contribution in [3.05, 3.63) is 94.0 Å². The zero-order valence-electron chi connectivity index (χ0n) is 16.4. The number of halogens is 3. The van der Waals surface area contributed by atoms with Gasteiger partial charge in [-0.3, -0.25) is 4.79 Å². The molecule has 0 aliphatic carbocycles. The fourth-order valence-electron chi connectivity index (χ4n) is 3.02. The third kappa shape index (κ3) is 5.07. The first kappa shape index (κ1) is 21.6. The van der Waals surface area contributed by atoms with Crippen LogP contribution in [0.15, 0.2) is 60.7 Å². The first-order valence-corrected chi connectivity index (χ1v) is 9.51. The number of amides is 1. The molecule has 1 unspecified atom stereocenters. The molecule has 0 spiro atoms. The van der Waals surface area contributed by atoms with Crippen LogP contribution in [0, 0.1) is 11.6 Å². The van der Waals surface area contributed by atoms with E-state index in [9.17, 15) is 13.6 Å². The molecule has 0 fully saturated rings. The highest BCUT2D eigenvalue weighted by atomic mass is 35.5. The van der Waals surface area contributed by atoms with E-state index in [1.807, 2.05) is 36.4 Å². The predicted octanol–water partition coefficient (Wildman–Crippen LogP) is 5.35. The first-order chi connectivity index (χ1) is 14.4. The van der Waals surface area contributed by atoms with Crippen molar-refractivity contribution in [2.45, 2.75) is 12.5 Å². The second kappa shape index (κ2) is 9.59. The normalized spacial score (nSPS) is 11.6. The summed E-state index contributed by atoms with van der Waals surface area (Å²) in [7, 11) is 3.15. The Kier molecular flexibility index (Phi) is 6.90. The summed E-state index contributed by atoms with van der Waals surface area (Å²) in [6.07, 6.45) is 0.462. The Labute approximate surface area is 178 Å². The molecular formula is C23H20ClF2NO3. The van der Waals surface area contributed by atoms with E-state index in [1.165, 1.54) is 0 Å². The summed E-state index contributed by atoms with van der Waals surface area (Å²) < 4.78 is 37.4. The van der Waals surface area contributed by atoms with Crippen LogP contribution in [0.2, 0.25) is 5.02 Å². The van der Waals surface area contributed by atoms with E-state index in [-0.39, 0.29) is 10.6 Å². The van der Waals surface area contributed by atoms with E-state index in [2.05, 4.69) is 5.32 Å². The van der Waals surface area contributed by atoms with Crippen LogP contribution in [0.3, 0.4) is 0 Å². The molecule has 7 heteroatoms. The Bertz CT molecular complexity index is 1020. The maximum absolute atomic E-state index is 13.6. The van der Waals surface area contributed by atoms with Crippen LogP contribution in [0.5, 0.6) is 11.5 Å². The highest BCUT2D eigenvalue weighted by Crippen LogP contribution is 2.25. The van der Waals surface area contributed by atoms with E-state index in [4.69, 9.17) is 21.1 Å². The second-order valence-corrected chi connectivity index (χ2v) is 7.00. The van der Waals surface area contributed by atoms with Gasteiger partial charge < -0.3 is 14.8 Å². The second-order valence-electron chi connectivity index (χ2n) is 6.60. The molecule has 0 saturated heterocycles. The zero-order valence-corrected chi connectivity index (χ0v) is 17.2. The molecule has 0 saturated carbocycles. The predicted molar refractivity (Wildman–Crippen MR) is 111 cm³/mol. The molecule has 0 aromatic heterocycles. The van der Waals surface area contributed by atoms with Gasteiger partial charge in [0.25, 0.3) is 5.91 Å². The SMILES string of the molecule is COc1ccc(CC(NC(=O)c2cc(F)c(F)cc2Cl)c2ccc(OC)cc2)cc1. The summed E-state index contributed by atoms with van der Waals surface area (Å²) in [5, 5.41) is 2.70. The number of rotatable bonds is 7. The molecule has 1 atom stereocenters. The van der Waals surface area contributed by atoms with Crippen LogP contribution >= 0.6 is 11.6 Å². The van der Waals surface area contributed by atoms with Gasteiger partial charge in [-0.25, -0.2) is 8.78 Å². The minimum absolute atomic E-state index is 0.135. The van der Waals surface area contributed by atoms with Crippen molar-refractivity contribution >= 4 is 17.5 Å². The van der Waals surface area contributed by atoms with E-state index in [0.29, 0.717) is 12.2 Å². The quantitative estimate of drug-likeness (QED) is 0.513. The number of methoxy groups -OCH3 is 2. The number of hydrogen-bond acceptors (Lipinski definition) is 3. The summed E-state index contributed by atoms with van der Waals surface area (Å²) >= 11 is 5.96. The molecule has 1 amide bonds. The lowest BCUT2D eigenvalue weighted by molar-refractivity contribution is 0.0936. The third-order valence-electron chi connectivity index (χ3n) is 4.68. The Morgan fingerprint density at radius 2 is 1.47 bits per heavy atom.